The van der Waals surface area contributed by atoms with E-state index in [9.17, 15) is 4.79 Å². The van der Waals surface area contributed by atoms with Crippen LogP contribution in [0.4, 0.5) is 0 Å². The van der Waals surface area contributed by atoms with Crippen LogP contribution in [0.15, 0.2) is 24.3 Å². The van der Waals surface area contributed by atoms with E-state index in [1.165, 1.54) is 9.13 Å². The quantitative estimate of drug-likeness (QED) is 0.846. The first kappa shape index (κ1) is 11.9. The number of carbonyl (C=O) groups is 1. The highest BCUT2D eigenvalue weighted by Gasteiger charge is 2.30. The molecule has 1 saturated carbocycles. The molecule has 1 aliphatic carbocycles. The third kappa shape index (κ3) is 3.47. The second-order valence-corrected chi connectivity index (χ2v) is 5.76. The Bertz CT molecular complexity index is 370. The van der Waals surface area contributed by atoms with E-state index in [0.29, 0.717) is 5.92 Å². The largest absolute Gasteiger partial charge is 0.353 e. The zero-order valence-corrected chi connectivity index (χ0v) is 11.5. The van der Waals surface area contributed by atoms with Crippen LogP contribution >= 0.6 is 22.6 Å². The molecule has 1 aliphatic rings. The van der Waals surface area contributed by atoms with Crippen LogP contribution in [0.2, 0.25) is 0 Å². The molecule has 1 atom stereocenters. The number of rotatable bonds is 4. The first-order valence-corrected chi connectivity index (χ1v) is 6.78. The third-order valence-corrected chi connectivity index (χ3v) is 3.51. The van der Waals surface area contributed by atoms with Gasteiger partial charge in [-0.25, -0.2) is 0 Å². The van der Waals surface area contributed by atoms with Crippen LogP contribution in [0.1, 0.15) is 25.3 Å². The molecule has 1 aromatic carbocycles. The van der Waals surface area contributed by atoms with Gasteiger partial charge in [-0.15, -0.1) is 0 Å². The number of hydrogen-bond donors (Lipinski definition) is 1. The molecule has 0 bridgehead atoms. The van der Waals surface area contributed by atoms with Crippen molar-refractivity contribution in [1.29, 1.82) is 0 Å². The van der Waals surface area contributed by atoms with Crippen LogP contribution in [0.5, 0.6) is 0 Å². The number of halogens is 1. The molecule has 0 spiro atoms. The summed E-state index contributed by atoms with van der Waals surface area (Å²) < 4.78 is 1.25. The molecule has 0 aromatic heterocycles. The monoisotopic (exact) mass is 329 g/mol. The molecule has 0 saturated heterocycles. The number of benzene rings is 1. The lowest BCUT2D eigenvalue weighted by Crippen LogP contribution is -2.35. The summed E-state index contributed by atoms with van der Waals surface area (Å²) in [5, 5.41) is 3.06. The number of amides is 1. The van der Waals surface area contributed by atoms with Crippen molar-refractivity contribution in [1.82, 2.24) is 5.32 Å². The Balaban J connectivity index is 1.83. The summed E-state index contributed by atoms with van der Waals surface area (Å²) in [4.78, 5) is 11.5. The van der Waals surface area contributed by atoms with Crippen LogP contribution < -0.4 is 5.32 Å². The smallest absolute Gasteiger partial charge is 0.223 e. The van der Waals surface area contributed by atoms with Gasteiger partial charge < -0.3 is 5.32 Å². The number of nitrogens with one attached hydrogen (secondary N) is 1. The molecule has 0 aliphatic heterocycles. The van der Waals surface area contributed by atoms with Gasteiger partial charge in [0.25, 0.3) is 0 Å². The first-order valence-electron chi connectivity index (χ1n) is 5.70. The molecule has 0 radical (unpaired) electrons. The molecule has 1 aromatic rings. The van der Waals surface area contributed by atoms with Crippen LogP contribution in [0.3, 0.4) is 0 Å². The molecule has 1 fully saturated rings. The van der Waals surface area contributed by atoms with Crippen molar-refractivity contribution in [2.75, 3.05) is 0 Å². The van der Waals surface area contributed by atoms with E-state index in [4.69, 9.17) is 0 Å². The summed E-state index contributed by atoms with van der Waals surface area (Å²) in [7, 11) is 0. The van der Waals surface area contributed by atoms with Crippen molar-refractivity contribution in [3.63, 3.8) is 0 Å². The Morgan fingerprint density at radius 3 is 2.62 bits per heavy atom. The molecule has 1 N–H and O–H groups in total. The van der Waals surface area contributed by atoms with Crippen LogP contribution in [-0.4, -0.2) is 11.9 Å². The fourth-order valence-electron chi connectivity index (χ4n) is 1.73. The topological polar surface area (TPSA) is 29.1 Å². The van der Waals surface area contributed by atoms with E-state index in [2.05, 4.69) is 59.1 Å². The van der Waals surface area contributed by atoms with E-state index >= 15 is 0 Å². The zero-order chi connectivity index (χ0) is 11.5. The summed E-state index contributed by atoms with van der Waals surface area (Å²) in [6.07, 6.45) is 3.06. The lowest BCUT2D eigenvalue weighted by Gasteiger charge is -2.13. The van der Waals surface area contributed by atoms with E-state index in [1.54, 1.807) is 0 Å². The van der Waals surface area contributed by atoms with Gasteiger partial charge in [0.05, 0.1) is 0 Å². The van der Waals surface area contributed by atoms with Gasteiger partial charge in [0, 0.05) is 15.5 Å². The van der Waals surface area contributed by atoms with Crippen LogP contribution in [-0.2, 0) is 11.2 Å². The molecule has 86 valence electrons. The normalized spacial score (nSPS) is 16.9. The first-order chi connectivity index (χ1) is 7.65. The summed E-state index contributed by atoms with van der Waals surface area (Å²) in [5.41, 5.74) is 1.28. The van der Waals surface area contributed by atoms with Crippen molar-refractivity contribution in [3.05, 3.63) is 33.4 Å². The molecule has 2 rings (SSSR count). The minimum atomic E-state index is 0.230. The predicted octanol–water partition coefficient (Wildman–Crippen LogP) is 2.75. The summed E-state index contributed by atoms with van der Waals surface area (Å²) >= 11 is 2.30. The molecular formula is C13H16INO. The fraction of sp³-hybridized carbons (Fsp3) is 0.462. The highest BCUT2D eigenvalue weighted by molar-refractivity contribution is 14.1. The maximum atomic E-state index is 11.5. The molecule has 2 nitrogen and oxygen atoms in total. The third-order valence-electron chi connectivity index (χ3n) is 2.79. The summed E-state index contributed by atoms with van der Waals surface area (Å²) in [5.74, 6) is 0.539. The van der Waals surface area contributed by atoms with Crippen molar-refractivity contribution >= 4 is 28.5 Å². The van der Waals surface area contributed by atoms with E-state index < -0.39 is 0 Å². The van der Waals surface area contributed by atoms with Gasteiger partial charge >= 0.3 is 0 Å². The summed E-state index contributed by atoms with van der Waals surface area (Å²) in [6, 6.07) is 8.69. The second-order valence-electron chi connectivity index (χ2n) is 4.51. The van der Waals surface area contributed by atoms with Crippen LogP contribution in [0.25, 0.3) is 0 Å². The average Bonchev–Trinajstić information content (AvgIpc) is 3.04. The van der Waals surface area contributed by atoms with Gasteiger partial charge in [0.2, 0.25) is 5.91 Å². The Morgan fingerprint density at radius 1 is 1.44 bits per heavy atom. The Labute approximate surface area is 110 Å². The molecule has 16 heavy (non-hydrogen) atoms. The van der Waals surface area contributed by atoms with Crippen LogP contribution in [0, 0.1) is 9.49 Å². The molecule has 3 heteroatoms. The highest BCUT2D eigenvalue weighted by atomic mass is 127. The lowest BCUT2D eigenvalue weighted by atomic mass is 10.1. The second kappa shape index (κ2) is 5.17. The Morgan fingerprint density at radius 2 is 2.06 bits per heavy atom. The van der Waals surface area contributed by atoms with Crippen molar-refractivity contribution < 1.29 is 4.79 Å². The highest BCUT2D eigenvalue weighted by Crippen LogP contribution is 2.28. The minimum Gasteiger partial charge on any atom is -0.353 e. The van der Waals surface area contributed by atoms with E-state index in [1.807, 2.05) is 0 Å². The van der Waals surface area contributed by atoms with Gasteiger partial charge in [0.15, 0.2) is 0 Å². The Kier molecular flexibility index (Phi) is 3.84. The lowest BCUT2D eigenvalue weighted by molar-refractivity contribution is -0.122. The summed E-state index contributed by atoms with van der Waals surface area (Å²) in [6.45, 7) is 2.07. The molecule has 0 heterocycles. The maximum Gasteiger partial charge on any atom is 0.223 e. The molecule has 1 amide bonds. The Hall–Kier alpha value is -0.580. The molecule has 1 unspecified atom stereocenters. The fourth-order valence-corrected chi connectivity index (χ4v) is 2.09. The van der Waals surface area contributed by atoms with Crippen molar-refractivity contribution in [2.45, 2.75) is 32.2 Å². The predicted molar refractivity (Wildman–Crippen MR) is 73.2 cm³/mol. The van der Waals surface area contributed by atoms with Gasteiger partial charge in [-0.3, -0.25) is 4.79 Å². The number of carbonyl (C=O) groups excluding carboxylic acids is 1. The van der Waals surface area contributed by atoms with E-state index in [0.717, 1.165) is 19.3 Å². The average molecular weight is 329 g/mol. The zero-order valence-electron chi connectivity index (χ0n) is 9.37. The molecular weight excluding hydrogens is 313 g/mol. The minimum absolute atomic E-state index is 0.230. The maximum absolute atomic E-state index is 11.5. The van der Waals surface area contributed by atoms with Gasteiger partial charge in [0.1, 0.15) is 0 Å². The van der Waals surface area contributed by atoms with Crippen molar-refractivity contribution in [2.24, 2.45) is 5.92 Å². The van der Waals surface area contributed by atoms with Crippen molar-refractivity contribution in [3.8, 4) is 0 Å². The van der Waals surface area contributed by atoms with Gasteiger partial charge in [-0.1, -0.05) is 12.1 Å². The van der Waals surface area contributed by atoms with E-state index in [-0.39, 0.29) is 11.9 Å². The van der Waals surface area contributed by atoms with Gasteiger partial charge in [-0.05, 0) is 66.5 Å². The standard InChI is InChI=1S/C13H16INO/c1-9(15-13(16)11-4-5-11)8-10-2-6-12(14)7-3-10/h2-3,6-7,9,11H,4-5,8H2,1H3,(H,15,16). The SMILES string of the molecule is CC(Cc1ccc(I)cc1)NC(=O)C1CC1. The van der Waals surface area contributed by atoms with Gasteiger partial charge in [-0.2, -0.15) is 0 Å². The number of hydrogen-bond acceptors (Lipinski definition) is 1.